The van der Waals surface area contributed by atoms with E-state index in [0.29, 0.717) is 5.15 Å². The molecule has 0 radical (unpaired) electrons. The first-order chi connectivity index (χ1) is 4.86. The smallest absolute Gasteiger partial charge is 0.141 e. The number of nitrogens with zero attached hydrogens (tertiary/aromatic N) is 2. The fraction of sp³-hybridized carbons (Fsp3) is 0. The normalized spacial score (nSPS) is 10.5. The summed E-state index contributed by atoms with van der Waals surface area (Å²) in [6, 6.07) is 1.79. The molecule has 0 aliphatic heterocycles. The molecule has 0 atom stereocenters. The molecular weight excluding hydrogens is 150 g/mol. The van der Waals surface area contributed by atoms with Crippen LogP contribution in [0.15, 0.2) is 18.6 Å². The van der Waals surface area contributed by atoms with Gasteiger partial charge in [0, 0.05) is 11.6 Å². The van der Waals surface area contributed by atoms with Gasteiger partial charge in [-0.25, -0.2) is 9.97 Å². The van der Waals surface area contributed by atoms with Crippen molar-refractivity contribution in [2.24, 2.45) is 0 Å². The summed E-state index contributed by atoms with van der Waals surface area (Å²) in [4.78, 5) is 10.7. The summed E-state index contributed by atoms with van der Waals surface area (Å²) in [6.07, 6.45) is 3.19. The zero-order chi connectivity index (χ0) is 6.97. The second-order valence-corrected chi connectivity index (χ2v) is 2.35. The lowest BCUT2D eigenvalue weighted by Gasteiger charge is -1.81. The van der Waals surface area contributed by atoms with Crippen LogP contribution in [0.2, 0.25) is 5.15 Å². The topological polar surface area (TPSA) is 41.6 Å². The van der Waals surface area contributed by atoms with Crippen molar-refractivity contribution in [1.82, 2.24) is 15.0 Å². The van der Waals surface area contributed by atoms with Crippen molar-refractivity contribution in [2.45, 2.75) is 0 Å². The van der Waals surface area contributed by atoms with Crippen molar-refractivity contribution in [2.75, 3.05) is 0 Å². The van der Waals surface area contributed by atoms with E-state index in [1.807, 2.05) is 0 Å². The largest absolute Gasteiger partial charge is 0.330 e. The van der Waals surface area contributed by atoms with Gasteiger partial charge in [-0.2, -0.15) is 0 Å². The van der Waals surface area contributed by atoms with Crippen LogP contribution in [-0.4, -0.2) is 15.0 Å². The molecule has 2 rings (SSSR count). The molecule has 0 aliphatic carbocycles. The van der Waals surface area contributed by atoms with Crippen LogP contribution in [-0.2, 0) is 0 Å². The van der Waals surface area contributed by atoms with Gasteiger partial charge in [-0.1, -0.05) is 11.6 Å². The molecule has 0 aromatic carbocycles. The van der Waals surface area contributed by atoms with E-state index in [-0.39, 0.29) is 0 Å². The standard InChI is InChI=1S/C6H4ClN3/c7-5-1-4-2-8-3-9-6(4)10-5/h1-3H,(H,8,9,10). The molecule has 1 N–H and O–H groups in total. The highest BCUT2D eigenvalue weighted by Crippen LogP contribution is 2.14. The molecule has 0 fully saturated rings. The van der Waals surface area contributed by atoms with Crippen LogP contribution in [0.1, 0.15) is 0 Å². The summed E-state index contributed by atoms with van der Waals surface area (Å²) in [6.45, 7) is 0. The summed E-state index contributed by atoms with van der Waals surface area (Å²) in [5, 5.41) is 1.53. The molecule has 2 heterocycles. The van der Waals surface area contributed by atoms with Crippen LogP contribution in [0.3, 0.4) is 0 Å². The molecule has 0 saturated carbocycles. The maximum absolute atomic E-state index is 5.66. The lowest BCUT2D eigenvalue weighted by molar-refractivity contribution is 1.20. The summed E-state index contributed by atoms with van der Waals surface area (Å²) < 4.78 is 0. The van der Waals surface area contributed by atoms with Gasteiger partial charge < -0.3 is 4.98 Å². The molecule has 4 heteroatoms. The Morgan fingerprint density at radius 2 is 2.40 bits per heavy atom. The number of H-pyrrole nitrogens is 1. The Hall–Kier alpha value is -1.09. The molecule has 10 heavy (non-hydrogen) atoms. The second kappa shape index (κ2) is 1.95. The lowest BCUT2D eigenvalue weighted by Crippen LogP contribution is -1.75. The van der Waals surface area contributed by atoms with Crippen molar-refractivity contribution in [3.05, 3.63) is 23.7 Å². The highest BCUT2D eigenvalue weighted by atomic mass is 35.5. The third kappa shape index (κ3) is 0.752. The minimum atomic E-state index is 0.593. The van der Waals surface area contributed by atoms with Gasteiger partial charge in [0.25, 0.3) is 0 Å². The fourth-order valence-electron chi connectivity index (χ4n) is 0.836. The van der Waals surface area contributed by atoms with E-state index in [1.54, 1.807) is 12.3 Å². The molecular formula is C6H4ClN3. The second-order valence-electron chi connectivity index (χ2n) is 1.94. The predicted molar refractivity (Wildman–Crippen MR) is 38.9 cm³/mol. The van der Waals surface area contributed by atoms with Crippen LogP contribution in [0.5, 0.6) is 0 Å². The van der Waals surface area contributed by atoms with E-state index in [4.69, 9.17) is 11.6 Å². The number of halogens is 1. The minimum Gasteiger partial charge on any atom is -0.330 e. The summed E-state index contributed by atoms with van der Waals surface area (Å²) in [5.41, 5.74) is 0.778. The summed E-state index contributed by atoms with van der Waals surface area (Å²) in [5.74, 6) is 0. The van der Waals surface area contributed by atoms with Gasteiger partial charge in [-0.05, 0) is 6.07 Å². The van der Waals surface area contributed by atoms with E-state index in [0.717, 1.165) is 11.0 Å². The van der Waals surface area contributed by atoms with Crippen LogP contribution in [0, 0.1) is 0 Å². The SMILES string of the molecule is Clc1cc2cncnc2[nH]1. The van der Waals surface area contributed by atoms with Crippen LogP contribution in [0.25, 0.3) is 11.0 Å². The minimum absolute atomic E-state index is 0.593. The van der Waals surface area contributed by atoms with E-state index in [2.05, 4.69) is 15.0 Å². The quantitative estimate of drug-likeness (QED) is 0.625. The van der Waals surface area contributed by atoms with Crippen molar-refractivity contribution >= 4 is 22.6 Å². The molecule has 3 nitrogen and oxygen atoms in total. The van der Waals surface area contributed by atoms with Gasteiger partial charge in [0.15, 0.2) is 0 Å². The van der Waals surface area contributed by atoms with Crippen molar-refractivity contribution in [3.63, 3.8) is 0 Å². The van der Waals surface area contributed by atoms with Crippen molar-refractivity contribution in [1.29, 1.82) is 0 Å². The van der Waals surface area contributed by atoms with Gasteiger partial charge in [0.05, 0.1) is 0 Å². The number of rotatable bonds is 0. The van der Waals surface area contributed by atoms with Crippen molar-refractivity contribution in [3.8, 4) is 0 Å². The molecule has 2 aromatic heterocycles. The number of fused-ring (bicyclic) bond motifs is 1. The molecule has 0 spiro atoms. The van der Waals surface area contributed by atoms with E-state index in [1.165, 1.54) is 6.33 Å². The van der Waals surface area contributed by atoms with Gasteiger partial charge >= 0.3 is 0 Å². The third-order valence-corrected chi connectivity index (χ3v) is 1.46. The molecule has 0 amide bonds. The monoisotopic (exact) mass is 153 g/mol. The average molecular weight is 154 g/mol. The van der Waals surface area contributed by atoms with Crippen LogP contribution in [0.4, 0.5) is 0 Å². The third-order valence-electron chi connectivity index (χ3n) is 1.26. The van der Waals surface area contributed by atoms with Gasteiger partial charge in [0.1, 0.15) is 17.1 Å². The van der Waals surface area contributed by atoms with Gasteiger partial charge in [-0.3, -0.25) is 0 Å². The Morgan fingerprint density at radius 3 is 3.20 bits per heavy atom. The lowest BCUT2D eigenvalue weighted by atomic mass is 10.4. The summed E-state index contributed by atoms with van der Waals surface area (Å²) >= 11 is 5.66. The molecule has 0 aliphatic rings. The molecule has 0 saturated heterocycles. The Balaban J connectivity index is 2.88. The van der Waals surface area contributed by atoms with Gasteiger partial charge in [-0.15, -0.1) is 0 Å². The zero-order valence-electron chi connectivity index (χ0n) is 5.00. The Bertz CT molecular complexity index is 322. The van der Waals surface area contributed by atoms with Crippen molar-refractivity contribution < 1.29 is 0 Å². The van der Waals surface area contributed by atoms with Gasteiger partial charge in [0.2, 0.25) is 0 Å². The average Bonchev–Trinajstić information content (AvgIpc) is 2.27. The number of aromatic amines is 1. The van der Waals surface area contributed by atoms with Crippen LogP contribution >= 0.6 is 11.6 Å². The Kier molecular flexibility index (Phi) is 1.11. The van der Waals surface area contributed by atoms with E-state index < -0.39 is 0 Å². The Labute approximate surface area is 62.1 Å². The fourth-order valence-corrected chi connectivity index (χ4v) is 1.04. The summed E-state index contributed by atoms with van der Waals surface area (Å²) in [7, 11) is 0. The van der Waals surface area contributed by atoms with E-state index in [9.17, 15) is 0 Å². The first-order valence-corrected chi connectivity index (χ1v) is 3.18. The maximum Gasteiger partial charge on any atom is 0.141 e. The maximum atomic E-state index is 5.66. The highest BCUT2D eigenvalue weighted by molar-refractivity contribution is 6.30. The molecule has 0 bridgehead atoms. The predicted octanol–water partition coefficient (Wildman–Crippen LogP) is 1.61. The first-order valence-electron chi connectivity index (χ1n) is 2.80. The number of aromatic nitrogens is 3. The molecule has 50 valence electrons. The first kappa shape index (κ1) is 5.68. The number of hydrogen-bond donors (Lipinski definition) is 1. The van der Waals surface area contributed by atoms with E-state index >= 15 is 0 Å². The Morgan fingerprint density at radius 1 is 1.50 bits per heavy atom. The number of hydrogen-bond acceptors (Lipinski definition) is 2. The zero-order valence-corrected chi connectivity index (χ0v) is 5.76. The van der Waals surface area contributed by atoms with Crippen LogP contribution < -0.4 is 0 Å². The molecule has 0 unspecified atom stereocenters. The highest BCUT2D eigenvalue weighted by Gasteiger charge is 1.96. The number of nitrogens with one attached hydrogen (secondary N) is 1. The molecule has 2 aromatic rings.